The number of carbonyl (C=O) groups excluding carboxylic acids is 2. The number of hydrogen-bond donors (Lipinski definition) is 2. The van der Waals surface area contributed by atoms with Gasteiger partial charge in [0.05, 0.1) is 12.6 Å². The number of carbonyl (C=O) groups is 2. The predicted octanol–water partition coefficient (Wildman–Crippen LogP) is 0.646. The fourth-order valence-electron chi connectivity index (χ4n) is 3.90. The van der Waals surface area contributed by atoms with Crippen molar-refractivity contribution in [2.24, 2.45) is 5.92 Å². The molecule has 0 aromatic heterocycles. The third kappa shape index (κ3) is 2.97. The molecule has 0 radical (unpaired) electrons. The van der Waals surface area contributed by atoms with E-state index in [4.69, 9.17) is 0 Å². The third-order valence-electron chi connectivity index (χ3n) is 5.02. The molecule has 3 rings (SSSR count). The van der Waals surface area contributed by atoms with Gasteiger partial charge >= 0.3 is 0 Å². The molecular weight excluding hydrogens is 254 g/mol. The minimum atomic E-state index is -0.0692. The molecule has 5 nitrogen and oxygen atoms in total. The Kier molecular flexibility index (Phi) is 4.24. The first-order valence-electron chi connectivity index (χ1n) is 8.05. The van der Waals surface area contributed by atoms with Crippen LogP contribution in [0.3, 0.4) is 0 Å². The molecule has 2 aliphatic heterocycles. The van der Waals surface area contributed by atoms with Crippen molar-refractivity contribution >= 4 is 11.8 Å². The minimum absolute atomic E-state index is 0.0257. The average molecular weight is 279 g/mol. The van der Waals surface area contributed by atoms with Crippen LogP contribution in [0.5, 0.6) is 0 Å². The molecule has 0 aromatic rings. The summed E-state index contributed by atoms with van der Waals surface area (Å²) in [5.74, 6) is 0.869. The van der Waals surface area contributed by atoms with Gasteiger partial charge < -0.3 is 15.5 Å². The van der Waals surface area contributed by atoms with Gasteiger partial charge in [-0.1, -0.05) is 12.8 Å². The number of amides is 2. The summed E-state index contributed by atoms with van der Waals surface area (Å²) in [5, 5.41) is 6.39. The fourth-order valence-corrected chi connectivity index (χ4v) is 3.90. The summed E-state index contributed by atoms with van der Waals surface area (Å²) in [6.45, 7) is 1.61. The highest BCUT2D eigenvalue weighted by atomic mass is 16.2. The van der Waals surface area contributed by atoms with Gasteiger partial charge in [0.1, 0.15) is 0 Å². The first-order valence-corrected chi connectivity index (χ1v) is 8.05. The van der Waals surface area contributed by atoms with E-state index in [1.54, 1.807) is 4.90 Å². The van der Waals surface area contributed by atoms with Crippen molar-refractivity contribution in [1.82, 2.24) is 15.5 Å². The van der Waals surface area contributed by atoms with Crippen LogP contribution < -0.4 is 10.6 Å². The molecule has 3 atom stereocenters. The molecule has 0 spiro atoms. The second-order valence-corrected chi connectivity index (χ2v) is 6.41. The van der Waals surface area contributed by atoms with E-state index in [2.05, 4.69) is 10.6 Å². The van der Waals surface area contributed by atoms with Crippen LogP contribution in [0.2, 0.25) is 0 Å². The molecule has 1 aliphatic carbocycles. The lowest BCUT2D eigenvalue weighted by Gasteiger charge is -2.41. The van der Waals surface area contributed by atoms with Gasteiger partial charge in [-0.25, -0.2) is 0 Å². The molecule has 5 heteroatoms. The summed E-state index contributed by atoms with van der Waals surface area (Å²) in [5.41, 5.74) is 0. The lowest BCUT2D eigenvalue weighted by molar-refractivity contribution is -0.138. The average Bonchev–Trinajstić information content (AvgIpc) is 2.70. The predicted molar refractivity (Wildman–Crippen MR) is 76.1 cm³/mol. The summed E-state index contributed by atoms with van der Waals surface area (Å²) >= 11 is 0. The van der Waals surface area contributed by atoms with E-state index >= 15 is 0 Å². The highest BCUT2D eigenvalue weighted by Gasteiger charge is 2.36. The van der Waals surface area contributed by atoms with Gasteiger partial charge in [0.25, 0.3) is 0 Å². The first-order chi connectivity index (χ1) is 9.74. The molecule has 0 bridgehead atoms. The molecule has 1 saturated carbocycles. The lowest BCUT2D eigenvalue weighted by atomic mass is 9.77. The van der Waals surface area contributed by atoms with Gasteiger partial charge in [-0.05, 0) is 38.0 Å². The van der Waals surface area contributed by atoms with Crippen molar-refractivity contribution in [3.8, 4) is 0 Å². The van der Waals surface area contributed by atoms with Gasteiger partial charge in [0.2, 0.25) is 11.8 Å². The van der Waals surface area contributed by atoms with Crippen molar-refractivity contribution in [3.05, 3.63) is 0 Å². The summed E-state index contributed by atoms with van der Waals surface area (Å²) < 4.78 is 0. The van der Waals surface area contributed by atoms with E-state index < -0.39 is 0 Å². The SMILES string of the molecule is O=C1CN(C(=O)C2CCC3CCCCC3N2)CCCN1. The zero-order chi connectivity index (χ0) is 13.9. The normalized spacial score (nSPS) is 34.9. The highest BCUT2D eigenvalue weighted by molar-refractivity contribution is 5.88. The van der Waals surface area contributed by atoms with Crippen molar-refractivity contribution in [1.29, 1.82) is 0 Å². The number of nitrogens with zero attached hydrogens (tertiary/aromatic N) is 1. The topological polar surface area (TPSA) is 61.4 Å². The molecule has 2 heterocycles. The third-order valence-corrected chi connectivity index (χ3v) is 5.02. The summed E-state index contributed by atoms with van der Waals surface area (Å²) in [4.78, 5) is 25.9. The largest absolute Gasteiger partial charge is 0.354 e. The number of nitrogens with one attached hydrogen (secondary N) is 2. The smallest absolute Gasteiger partial charge is 0.240 e. The monoisotopic (exact) mass is 279 g/mol. The van der Waals surface area contributed by atoms with E-state index in [1.807, 2.05) is 0 Å². The van der Waals surface area contributed by atoms with Gasteiger partial charge in [0.15, 0.2) is 0 Å². The second-order valence-electron chi connectivity index (χ2n) is 6.41. The number of fused-ring (bicyclic) bond motifs is 1. The van der Waals surface area contributed by atoms with Crippen molar-refractivity contribution < 1.29 is 9.59 Å². The molecule has 0 aromatic carbocycles. The highest BCUT2D eigenvalue weighted by Crippen LogP contribution is 2.32. The van der Waals surface area contributed by atoms with Crippen LogP contribution in [0.1, 0.15) is 44.9 Å². The van der Waals surface area contributed by atoms with Crippen LogP contribution in [0.15, 0.2) is 0 Å². The maximum Gasteiger partial charge on any atom is 0.240 e. The number of rotatable bonds is 1. The minimum Gasteiger partial charge on any atom is -0.354 e. The maximum atomic E-state index is 12.6. The van der Waals surface area contributed by atoms with Gasteiger partial charge in [-0.3, -0.25) is 9.59 Å². The van der Waals surface area contributed by atoms with E-state index in [0.29, 0.717) is 19.1 Å². The summed E-state index contributed by atoms with van der Waals surface area (Å²) in [6, 6.07) is 0.451. The number of piperidine rings is 1. The molecule has 20 heavy (non-hydrogen) atoms. The van der Waals surface area contributed by atoms with Crippen LogP contribution in [-0.2, 0) is 9.59 Å². The quantitative estimate of drug-likeness (QED) is 0.741. The molecular formula is C15H25N3O2. The van der Waals surface area contributed by atoms with E-state index in [1.165, 1.54) is 25.7 Å². The Balaban J connectivity index is 1.60. The zero-order valence-electron chi connectivity index (χ0n) is 12.1. The molecule has 2 N–H and O–H groups in total. The first kappa shape index (κ1) is 13.9. The van der Waals surface area contributed by atoms with E-state index in [-0.39, 0.29) is 24.4 Å². The standard InChI is InChI=1S/C15H25N3O2/c19-14-10-18(9-3-8-16-14)15(20)13-7-6-11-4-1-2-5-12(11)17-13/h11-13,17H,1-10H2,(H,16,19). The Morgan fingerprint density at radius 1 is 1.10 bits per heavy atom. The lowest BCUT2D eigenvalue weighted by Crippen LogP contribution is -2.56. The molecule has 3 aliphatic rings. The maximum absolute atomic E-state index is 12.6. The summed E-state index contributed by atoms with van der Waals surface area (Å²) in [6.07, 6.45) is 8.08. The van der Waals surface area contributed by atoms with Crippen LogP contribution in [0.25, 0.3) is 0 Å². The van der Waals surface area contributed by atoms with Crippen molar-refractivity contribution in [2.45, 2.75) is 57.0 Å². The van der Waals surface area contributed by atoms with Crippen molar-refractivity contribution in [2.75, 3.05) is 19.6 Å². The summed E-state index contributed by atoms with van der Waals surface area (Å²) in [7, 11) is 0. The molecule has 112 valence electrons. The van der Waals surface area contributed by atoms with Gasteiger partial charge in [-0.15, -0.1) is 0 Å². The Hall–Kier alpha value is -1.10. The molecule has 3 fully saturated rings. The zero-order valence-corrected chi connectivity index (χ0v) is 12.1. The Morgan fingerprint density at radius 3 is 2.85 bits per heavy atom. The fraction of sp³-hybridized carbons (Fsp3) is 0.867. The van der Waals surface area contributed by atoms with Crippen LogP contribution in [-0.4, -0.2) is 48.4 Å². The Labute approximate surface area is 120 Å². The Morgan fingerprint density at radius 2 is 1.95 bits per heavy atom. The van der Waals surface area contributed by atoms with E-state index in [0.717, 1.165) is 25.2 Å². The van der Waals surface area contributed by atoms with Gasteiger partial charge in [-0.2, -0.15) is 0 Å². The molecule has 2 saturated heterocycles. The van der Waals surface area contributed by atoms with Gasteiger partial charge in [0, 0.05) is 19.1 Å². The Bertz CT molecular complexity index is 385. The van der Waals surface area contributed by atoms with Crippen LogP contribution in [0.4, 0.5) is 0 Å². The van der Waals surface area contributed by atoms with Crippen LogP contribution >= 0.6 is 0 Å². The van der Waals surface area contributed by atoms with Crippen LogP contribution in [0, 0.1) is 5.92 Å². The number of hydrogen-bond acceptors (Lipinski definition) is 3. The molecule has 2 amide bonds. The van der Waals surface area contributed by atoms with Crippen molar-refractivity contribution in [3.63, 3.8) is 0 Å². The molecule has 3 unspecified atom stereocenters. The van der Waals surface area contributed by atoms with E-state index in [9.17, 15) is 9.59 Å². The second kappa shape index (κ2) is 6.12.